The highest BCUT2D eigenvalue weighted by molar-refractivity contribution is 7.99. The van der Waals surface area contributed by atoms with Gasteiger partial charge in [0.2, 0.25) is 0 Å². The van der Waals surface area contributed by atoms with Crippen molar-refractivity contribution in [2.75, 3.05) is 11.5 Å². The molecule has 2 aromatic heterocycles. The number of thioether (sulfide) groups is 1. The van der Waals surface area contributed by atoms with Crippen LogP contribution in [0.4, 0.5) is 0 Å². The predicted molar refractivity (Wildman–Crippen MR) is 87.8 cm³/mol. The van der Waals surface area contributed by atoms with E-state index in [4.69, 9.17) is 0 Å². The molecule has 3 rings (SSSR count). The molecular formula is C15H18N4O3S. The first kappa shape index (κ1) is 15.8. The second-order valence-electron chi connectivity index (χ2n) is 5.86. The van der Waals surface area contributed by atoms with E-state index in [2.05, 4.69) is 15.4 Å². The van der Waals surface area contributed by atoms with E-state index in [0.717, 1.165) is 5.75 Å². The summed E-state index contributed by atoms with van der Waals surface area (Å²) in [5.74, 6) is -0.265. The molecule has 8 heteroatoms. The van der Waals surface area contributed by atoms with Crippen molar-refractivity contribution in [1.29, 1.82) is 0 Å². The number of carbonyl (C=O) groups is 2. The van der Waals surface area contributed by atoms with Gasteiger partial charge >= 0.3 is 5.97 Å². The Kier molecular flexibility index (Phi) is 3.79. The highest BCUT2D eigenvalue weighted by Gasteiger charge is 2.43. The van der Waals surface area contributed by atoms with Gasteiger partial charge in [-0.05, 0) is 32.1 Å². The van der Waals surface area contributed by atoms with Gasteiger partial charge in [-0.3, -0.25) is 9.48 Å². The van der Waals surface area contributed by atoms with Crippen LogP contribution < -0.4 is 5.32 Å². The van der Waals surface area contributed by atoms with Crippen LogP contribution in [0.5, 0.6) is 0 Å². The Morgan fingerprint density at radius 3 is 2.78 bits per heavy atom. The maximum atomic E-state index is 12.8. The summed E-state index contributed by atoms with van der Waals surface area (Å²) < 4.78 is 1.63. The molecule has 2 aromatic rings. The van der Waals surface area contributed by atoms with Crippen LogP contribution in [0.2, 0.25) is 0 Å². The van der Waals surface area contributed by atoms with Crippen molar-refractivity contribution in [3.63, 3.8) is 0 Å². The van der Waals surface area contributed by atoms with Crippen LogP contribution in [0, 0.1) is 13.8 Å². The van der Waals surface area contributed by atoms with Gasteiger partial charge in [-0.1, -0.05) is 0 Å². The summed E-state index contributed by atoms with van der Waals surface area (Å²) in [6.45, 7) is 3.62. The molecule has 0 aromatic carbocycles. The lowest BCUT2D eigenvalue weighted by molar-refractivity contribution is -0.143. The topological polar surface area (TPSA) is 97.1 Å². The average Bonchev–Trinajstić information content (AvgIpc) is 3.05. The number of fused-ring (bicyclic) bond motifs is 1. The zero-order valence-electron chi connectivity index (χ0n) is 13.2. The number of nitrogens with one attached hydrogen (secondary N) is 1. The van der Waals surface area contributed by atoms with Crippen molar-refractivity contribution in [3.05, 3.63) is 23.0 Å². The largest absolute Gasteiger partial charge is 0.479 e. The number of pyridine rings is 1. The first-order valence-corrected chi connectivity index (χ1v) is 8.44. The molecule has 1 aliphatic heterocycles. The molecule has 23 heavy (non-hydrogen) atoms. The zero-order chi connectivity index (χ0) is 16.8. The highest BCUT2D eigenvalue weighted by atomic mass is 32.2. The lowest BCUT2D eigenvalue weighted by atomic mass is 9.98. The van der Waals surface area contributed by atoms with Gasteiger partial charge in [-0.25, -0.2) is 9.78 Å². The number of amides is 1. The third kappa shape index (κ3) is 2.56. The lowest BCUT2D eigenvalue weighted by Crippen LogP contribution is -2.54. The van der Waals surface area contributed by atoms with Crippen LogP contribution in [-0.4, -0.2) is 48.8 Å². The van der Waals surface area contributed by atoms with E-state index in [1.165, 1.54) is 11.8 Å². The van der Waals surface area contributed by atoms with Gasteiger partial charge in [0, 0.05) is 18.5 Å². The summed E-state index contributed by atoms with van der Waals surface area (Å²) in [5, 5.41) is 17.2. The Morgan fingerprint density at radius 2 is 2.17 bits per heavy atom. The fourth-order valence-corrected chi connectivity index (χ4v) is 4.24. The molecule has 1 fully saturated rings. The minimum absolute atomic E-state index is 0.382. The summed E-state index contributed by atoms with van der Waals surface area (Å²) in [4.78, 5) is 28.8. The minimum Gasteiger partial charge on any atom is -0.479 e. The Hall–Kier alpha value is -2.09. The summed E-state index contributed by atoms with van der Waals surface area (Å²) in [5.41, 5.74) is 1.25. The molecule has 7 nitrogen and oxygen atoms in total. The van der Waals surface area contributed by atoms with Crippen molar-refractivity contribution in [2.45, 2.75) is 25.8 Å². The van der Waals surface area contributed by atoms with Gasteiger partial charge in [0.05, 0.1) is 16.6 Å². The van der Waals surface area contributed by atoms with Gasteiger partial charge in [0.1, 0.15) is 5.54 Å². The maximum absolute atomic E-state index is 12.8. The molecule has 0 bridgehead atoms. The third-order valence-corrected chi connectivity index (χ3v) is 5.31. The fourth-order valence-electron chi connectivity index (χ4n) is 2.92. The van der Waals surface area contributed by atoms with Crippen LogP contribution in [0.3, 0.4) is 0 Å². The smallest absolute Gasteiger partial charge is 0.330 e. The summed E-state index contributed by atoms with van der Waals surface area (Å²) in [7, 11) is 1.77. The molecule has 0 aliphatic carbocycles. The van der Waals surface area contributed by atoms with E-state index in [1.54, 1.807) is 24.7 Å². The van der Waals surface area contributed by atoms with Gasteiger partial charge < -0.3 is 10.4 Å². The van der Waals surface area contributed by atoms with Crippen molar-refractivity contribution in [3.8, 4) is 0 Å². The molecule has 1 atom stereocenters. The number of carbonyl (C=O) groups excluding carboxylic acids is 1. The average molecular weight is 334 g/mol. The van der Waals surface area contributed by atoms with E-state index < -0.39 is 11.5 Å². The van der Waals surface area contributed by atoms with Gasteiger partial charge in [0.15, 0.2) is 5.65 Å². The number of carboxylic acid groups (broad SMARTS) is 1. The molecule has 1 saturated heterocycles. The van der Waals surface area contributed by atoms with E-state index in [9.17, 15) is 14.7 Å². The van der Waals surface area contributed by atoms with Crippen molar-refractivity contribution in [2.24, 2.45) is 7.05 Å². The SMILES string of the molecule is Cc1cc(C(=O)NC2(C(=O)O)CCSC2)c2c(C)nn(C)c2n1. The Balaban J connectivity index is 2.06. The molecule has 3 heterocycles. The van der Waals surface area contributed by atoms with Crippen LogP contribution in [0.15, 0.2) is 6.07 Å². The number of carboxylic acids is 1. The first-order valence-electron chi connectivity index (χ1n) is 7.29. The van der Waals surface area contributed by atoms with E-state index in [-0.39, 0.29) is 5.91 Å². The van der Waals surface area contributed by atoms with E-state index in [1.807, 2.05) is 6.92 Å². The number of nitrogens with zero attached hydrogens (tertiary/aromatic N) is 3. The molecular weight excluding hydrogens is 316 g/mol. The van der Waals surface area contributed by atoms with Gasteiger partial charge in [0.25, 0.3) is 5.91 Å². The molecule has 1 aliphatic rings. The van der Waals surface area contributed by atoms with Crippen molar-refractivity contribution >= 4 is 34.7 Å². The van der Waals surface area contributed by atoms with Crippen LogP contribution in [-0.2, 0) is 11.8 Å². The first-order chi connectivity index (χ1) is 10.8. The number of rotatable bonds is 3. The number of aromatic nitrogens is 3. The molecule has 1 amide bonds. The fraction of sp³-hybridized carbons (Fsp3) is 0.467. The van der Waals surface area contributed by atoms with Crippen LogP contribution >= 0.6 is 11.8 Å². The summed E-state index contributed by atoms with van der Waals surface area (Å²) in [6.07, 6.45) is 0.429. The van der Waals surface area contributed by atoms with Crippen molar-refractivity contribution < 1.29 is 14.7 Å². The predicted octanol–water partition coefficient (Wildman–Crippen LogP) is 1.28. The highest BCUT2D eigenvalue weighted by Crippen LogP contribution is 2.29. The minimum atomic E-state index is -1.19. The van der Waals surface area contributed by atoms with E-state index in [0.29, 0.717) is 40.2 Å². The standard InChI is InChI=1S/C15H18N4O3S/c1-8-6-10(11-9(2)18-19(3)12(11)16-8)13(20)17-15(14(21)22)4-5-23-7-15/h6H,4-5,7H2,1-3H3,(H,17,20)(H,21,22). The lowest BCUT2D eigenvalue weighted by Gasteiger charge is -2.24. The van der Waals surface area contributed by atoms with E-state index >= 15 is 0 Å². The number of aryl methyl sites for hydroxylation is 3. The quantitative estimate of drug-likeness (QED) is 0.877. The molecule has 1 unspecified atom stereocenters. The Morgan fingerprint density at radius 1 is 1.43 bits per heavy atom. The number of hydrogen-bond acceptors (Lipinski definition) is 5. The Labute approximate surface area is 137 Å². The number of aliphatic carboxylic acids is 1. The van der Waals surface area contributed by atoms with Crippen LogP contribution in [0.25, 0.3) is 11.0 Å². The normalized spacial score (nSPS) is 20.8. The molecule has 0 radical (unpaired) electrons. The number of hydrogen-bond donors (Lipinski definition) is 2. The summed E-state index contributed by atoms with van der Waals surface area (Å²) in [6, 6.07) is 1.68. The molecule has 122 valence electrons. The van der Waals surface area contributed by atoms with Gasteiger partial charge in [-0.2, -0.15) is 16.9 Å². The van der Waals surface area contributed by atoms with Crippen LogP contribution in [0.1, 0.15) is 28.2 Å². The van der Waals surface area contributed by atoms with Crippen molar-refractivity contribution in [1.82, 2.24) is 20.1 Å². The second-order valence-corrected chi connectivity index (χ2v) is 6.97. The third-order valence-electron chi connectivity index (χ3n) is 4.13. The molecule has 0 saturated carbocycles. The Bertz CT molecular complexity index is 809. The monoisotopic (exact) mass is 334 g/mol. The second kappa shape index (κ2) is 5.52. The zero-order valence-corrected chi connectivity index (χ0v) is 14.0. The molecule has 0 spiro atoms. The maximum Gasteiger partial charge on any atom is 0.330 e. The summed E-state index contributed by atoms with van der Waals surface area (Å²) >= 11 is 1.54. The molecule has 2 N–H and O–H groups in total. The van der Waals surface area contributed by atoms with Gasteiger partial charge in [-0.15, -0.1) is 0 Å².